The van der Waals surface area contributed by atoms with E-state index >= 15 is 0 Å². The Morgan fingerprint density at radius 3 is 2.32 bits per heavy atom. The van der Waals surface area contributed by atoms with Gasteiger partial charge in [-0.1, -0.05) is 12.1 Å². The van der Waals surface area contributed by atoms with E-state index in [0.29, 0.717) is 38.0 Å². The average Bonchev–Trinajstić information content (AvgIpc) is 3.20. The third kappa shape index (κ3) is 4.61. The van der Waals surface area contributed by atoms with Crippen LogP contribution in [0.4, 0.5) is 0 Å². The zero-order valence-electron chi connectivity index (χ0n) is 16.5. The van der Waals surface area contributed by atoms with Gasteiger partial charge in [-0.15, -0.1) is 0 Å². The number of rotatable bonds is 6. The minimum absolute atomic E-state index is 0.0679. The van der Waals surface area contributed by atoms with Gasteiger partial charge in [0.1, 0.15) is 0 Å². The molecule has 2 aliphatic rings. The first-order valence-electron chi connectivity index (χ1n) is 9.77. The van der Waals surface area contributed by atoms with Gasteiger partial charge in [0.05, 0.1) is 11.0 Å². The zero-order valence-corrected chi connectivity index (χ0v) is 17.3. The minimum atomic E-state index is -3.62. The van der Waals surface area contributed by atoms with Gasteiger partial charge in [0.25, 0.3) is 0 Å². The van der Waals surface area contributed by atoms with E-state index in [9.17, 15) is 18.0 Å². The van der Waals surface area contributed by atoms with Crippen molar-refractivity contribution in [3.63, 3.8) is 0 Å². The van der Waals surface area contributed by atoms with Crippen molar-refractivity contribution in [3.05, 3.63) is 29.8 Å². The van der Waals surface area contributed by atoms with Gasteiger partial charge < -0.3 is 9.64 Å². The highest BCUT2D eigenvalue weighted by Crippen LogP contribution is 2.25. The lowest BCUT2D eigenvalue weighted by atomic mass is 9.96. The first-order valence-corrected chi connectivity index (χ1v) is 11.2. The van der Waals surface area contributed by atoms with Gasteiger partial charge in [-0.05, 0) is 44.7 Å². The number of nitrogens with zero attached hydrogens (tertiary/aromatic N) is 2. The summed E-state index contributed by atoms with van der Waals surface area (Å²) in [5, 5.41) is 0. The van der Waals surface area contributed by atoms with Gasteiger partial charge in [-0.2, -0.15) is 4.31 Å². The van der Waals surface area contributed by atoms with Gasteiger partial charge in [-0.25, -0.2) is 8.42 Å². The molecule has 0 bridgehead atoms. The highest BCUT2D eigenvalue weighted by Gasteiger charge is 2.33. The van der Waals surface area contributed by atoms with Crippen LogP contribution in [0.15, 0.2) is 29.2 Å². The summed E-state index contributed by atoms with van der Waals surface area (Å²) in [5.74, 6) is -0.188. The molecule has 1 aromatic carbocycles. The van der Waals surface area contributed by atoms with E-state index in [0.717, 1.165) is 19.4 Å². The number of carbonyl (C=O) groups excluding carboxylic acids is 2. The molecule has 0 N–H and O–H groups in total. The van der Waals surface area contributed by atoms with Crippen molar-refractivity contribution in [2.75, 3.05) is 33.3 Å². The third-order valence-corrected chi connectivity index (χ3v) is 7.49. The monoisotopic (exact) mass is 408 g/mol. The second kappa shape index (κ2) is 8.71. The molecule has 28 heavy (non-hydrogen) atoms. The molecular formula is C20H28N2O5S. The van der Waals surface area contributed by atoms with Crippen LogP contribution in [0, 0.1) is 5.92 Å². The molecule has 0 radical (unpaired) electrons. The fourth-order valence-corrected chi connectivity index (χ4v) is 5.32. The van der Waals surface area contributed by atoms with Crippen molar-refractivity contribution in [2.45, 2.75) is 43.6 Å². The van der Waals surface area contributed by atoms with E-state index < -0.39 is 10.0 Å². The molecular weight excluding hydrogens is 380 g/mol. The Morgan fingerprint density at radius 2 is 1.79 bits per heavy atom. The molecule has 2 aliphatic heterocycles. The van der Waals surface area contributed by atoms with Gasteiger partial charge >= 0.3 is 0 Å². The molecule has 1 aromatic rings. The standard InChI is InChI=1S/C20H28N2O5S/c1-15(23)16-5-7-19(8-6-16)28(25,26)22-11-9-17(10-12-22)20(24)21(2)14-18-4-3-13-27-18/h5-8,17-18H,3-4,9-14H2,1-2H3. The molecule has 0 spiro atoms. The molecule has 1 amide bonds. The van der Waals surface area contributed by atoms with E-state index in [1.807, 2.05) is 0 Å². The second-order valence-corrected chi connectivity index (χ2v) is 9.55. The highest BCUT2D eigenvalue weighted by molar-refractivity contribution is 7.89. The number of ketones is 1. The molecule has 7 nitrogen and oxygen atoms in total. The van der Waals surface area contributed by atoms with Crippen LogP contribution in [-0.4, -0.2) is 68.7 Å². The van der Waals surface area contributed by atoms with Crippen molar-refractivity contribution in [1.29, 1.82) is 0 Å². The predicted octanol–water partition coefficient (Wildman–Crippen LogP) is 1.93. The second-order valence-electron chi connectivity index (χ2n) is 7.61. The Balaban J connectivity index is 1.57. The van der Waals surface area contributed by atoms with Crippen molar-refractivity contribution in [1.82, 2.24) is 9.21 Å². The maximum absolute atomic E-state index is 12.8. The summed E-state index contributed by atoms with van der Waals surface area (Å²) in [4.78, 5) is 26.0. The molecule has 2 heterocycles. The van der Waals surface area contributed by atoms with Crippen molar-refractivity contribution >= 4 is 21.7 Å². The van der Waals surface area contributed by atoms with Gasteiger partial charge in [0.2, 0.25) is 15.9 Å². The smallest absolute Gasteiger partial charge is 0.243 e. The maximum atomic E-state index is 12.8. The molecule has 3 rings (SSSR count). The minimum Gasteiger partial charge on any atom is -0.376 e. The first-order chi connectivity index (χ1) is 13.3. The van der Waals surface area contributed by atoms with Crippen molar-refractivity contribution < 1.29 is 22.7 Å². The van der Waals surface area contributed by atoms with Gasteiger partial charge in [0.15, 0.2) is 5.78 Å². The predicted molar refractivity (Wildman–Crippen MR) is 105 cm³/mol. The molecule has 1 atom stereocenters. The number of likely N-dealkylation sites (N-methyl/N-ethyl adjacent to an activating group) is 1. The van der Waals surface area contributed by atoms with E-state index in [1.54, 1.807) is 11.9 Å². The number of piperidine rings is 1. The van der Waals surface area contributed by atoms with Crippen molar-refractivity contribution in [3.8, 4) is 0 Å². The molecule has 1 unspecified atom stereocenters. The SMILES string of the molecule is CC(=O)c1ccc(S(=O)(=O)N2CCC(C(=O)N(C)CC3CCCO3)CC2)cc1. The lowest BCUT2D eigenvalue weighted by Crippen LogP contribution is -2.44. The highest BCUT2D eigenvalue weighted by atomic mass is 32.2. The van der Waals surface area contributed by atoms with Crippen LogP contribution in [0.1, 0.15) is 43.0 Å². The topological polar surface area (TPSA) is 84.0 Å². The summed E-state index contributed by atoms with van der Waals surface area (Å²) < 4.78 is 32.7. The normalized spacial score (nSPS) is 21.6. The Labute approximate surface area is 166 Å². The zero-order chi connectivity index (χ0) is 20.3. The summed E-state index contributed by atoms with van der Waals surface area (Å²) >= 11 is 0. The molecule has 2 saturated heterocycles. The molecule has 0 aliphatic carbocycles. The van der Waals surface area contributed by atoms with Crippen LogP contribution in [-0.2, 0) is 19.6 Å². The Bertz CT molecular complexity index is 808. The molecule has 2 fully saturated rings. The number of hydrogen-bond acceptors (Lipinski definition) is 5. The number of sulfonamides is 1. The number of benzene rings is 1. The average molecular weight is 409 g/mol. The Hall–Kier alpha value is -1.77. The summed E-state index contributed by atoms with van der Waals surface area (Å²) in [6.07, 6.45) is 3.17. The van der Waals surface area contributed by atoms with Crippen LogP contribution in [0.25, 0.3) is 0 Å². The number of ether oxygens (including phenoxy) is 1. The number of Topliss-reactive ketones (excluding diaryl/α,β-unsaturated/α-hetero) is 1. The molecule has 0 aromatic heterocycles. The fourth-order valence-electron chi connectivity index (χ4n) is 3.85. The summed E-state index contributed by atoms with van der Waals surface area (Å²) in [6, 6.07) is 6.01. The quantitative estimate of drug-likeness (QED) is 0.672. The fraction of sp³-hybridized carbons (Fsp3) is 0.600. The number of hydrogen-bond donors (Lipinski definition) is 0. The van der Waals surface area contributed by atoms with E-state index in [2.05, 4.69) is 0 Å². The number of amides is 1. The summed E-state index contributed by atoms with van der Waals surface area (Å²) in [5.41, 5.74) is 0.484. The number of carbonyl (C=O) groups is 2. The van der Waals surface area contributed by atoms with E-state index in [4.69, 9.17) is 4.74 Å². The van der Waals surface area contributed by atoms with Crippen LogP contribution < -0.4 is 0 Å². The Kier molecular flexibility index (Phi) is 6.52. The van der Waals surface area contributed by atoms with Gasteiger partial charge in [0, 0.05) is 44.8 Å². The van der Waals surface area contributed by atoms with Crippen LogP contribution in [0.3, 0.4) is 0 Å². The molecule has 8 heteroatoms. The first kappa shape index (κ1) is 21.0. The summed E-state index contributed by atoms with van der Waals surface area (Å²) in [7, 11) is -1.82. The van der Waals surface area contributed by atoms with Gasteiger partial charge in [-0.3, -0.25) is 9.59 Å². The molecule has 0 saturated carbocycles. The van der Waals surface area contributed by atoms with Crippen LogP contribution >= 0.6 is 0 Å². The maximum Gasteiger partial charge on any atom is 0.243 e. The largest absolute Gasteiger partial charge is 0.376 e. The van der Waals surface area contributed by atoms with Crippen LogP contribution in [0.2, 0.25) is 0 Å². The van der Waals surface area contributed by atoms with E-state index in [-0.39, 0.29) is 28.6 Å². The molecule has 154 valence electrons. The lowest BCUT2D eigenvalue weighted by molar-refractivity contribution is -0.136. The third-order valence-electron chi connectivity index (χ3n) is 5.58. The summed E-state index contributed by atoms with van der Waals surface area (Å²) in [6.45, 7) is 3.44. The van der Waals surface area contributed by atoms with Crippen LogP contribution in [0.5, 0.6) is 0 Å². The van der Waals surface area contributed by atoms with Crippen molar-refractivity contribution in [2.24, 2.45) is 5.92 Å². The lowest BCUT2D eigenvalue weighted by Gasteiger charge is -2.33. The Morgan fingerprint density at radius 1 is 1.14 bits per heavy atom. The van der Waals surface area contributed by atoms with E-state index in [1.165, 1.54) is 35.5 Å².